The van der Waals surface area contributed by atoms with E-state index in [0.29, 0.717) is 0 Å². The van der Waals surface area contributed by atoms with Crippen LogP contribution >= 0.6 is 0 Å². The summed E-state index contributed by atoms with van der Waals surface area (Å²) in [5.74, 6) is 0. The van der Waals surface area contributed by atoms with Crippen LogP contribution in [0, 0.1) is 0 Å². The molecular weight excluding hydrogens is 729 g/mol. The highest BCUT2D eigenvalue weighted by Gasteiger charge is 2.37. The van der Waals surface area contributed by atoms with E-state index in [0.717, 1.165) is 38.9 Å². The van der Waals surface area contributed by atoms with E-state index < -0.39 is 0 Å². The zero-order valence-electron chi connectivity index (χ0n) is 33.3. The van der Waals surface area contributed by atoms with Crippen molar-refractivity contribution in [3.8, 4) is 44.8 Å². The molecule has 3 nitrogen and oxygen atoms in total. The molecule has 0 unspecified atom stereocenters. The molecule has 9 aromatic carbocycles. The molecule has 3 heterocycles. The maximum atomic E-state index is 6.60. The smallest absolute Gasteiger partial charge is 0.136 e. The number of nitrogens with zero attached hydrogens (tertiary/aromatic N) is 2. The summed E-state index contributed by atoms with van der Waals surface area (Å²) in [6.45, 7) is 4.73. The van der Waals surface area contributed by atoms with E-state index >= 15 is 0 Å². The Kier molecular flexibility index (Phi) is 6.78. The first-order valence-electron chi connectivity index (χ1n) is 20.8. The average molecular weight is 767 g/mol. The van der Waals surface area contributed by atoms with E-state index in [1.807, 2.05) is 0 Å². The van der Waals surface area contributed by atoms with Gasteiger partial charge in [0.15, 0.2) is 0 Å². The second-order valence-corrected chi connectivity index (χ2v) is 16.9. The van der Waals surface area contributed by atoms with Crippen LogP contribution < -0.4 is 0 Å². The van der Waals surface area contributed by atoms with Gasteiger partial charge in [-0.1, -0.05) is 129 Å². The molecule has 0 saturated carbocycles. The van der Waals surface area contributed by atoms with Crippen molar-refractivity contribution in [2.45, 2.75) is 19.3 Å². The van der Waals surface area contributed by atoms with Crippen LogP contribution in [0.5, 0.6) is 0 Å². The molecule has 1 aliphatic rings. The molecule has 0 saturated heterocycles. The first kappa shape index (κ1) is 33.4. The number of furan rings is 1. The highest BCUT2D eigenvalue weighted by molar-refractivity contribution is 6.19. The lowest BCUT2D eigenvalue weighted by atomic mass is 9.82. The van der Waals surface area contributed by atoms with Crippen molar-refractivity contribution >= 4 is 65.6 Å². The fourth-order valence-corrected chi connectivity index (χ4v) is 10.6. The number of para-hydroxylation sites is 3. The summed E-state index contributed by atoms with van der Waals surface area (Å²) in [6, 6.07) is 71.0. The lowest BCUT2D eigenvalue weighted by molar-refractivity contribution is 0.661. The average Bonchev–Trinajstić information content (AvgIpc) is 4.01. The third-order valence-electron chi connectivity index (χ3n) is 13.3. The van der Waals surface area contributed by atoms with Crippen LogP contribution in [0.1, 0.15) is 25.0 Å². The molecule has 0 radical (unpaired) electrons. The van der Waals surface area contributed by atoms with Crippen molar-refractivity contribution in [1.29, 1.82) is 0 Å². The standard InChI is InChI=1S/C57H38N2O/c1-57(2)46-21-11-9-19-42(46)55-47(57)27-30-51-56(55)44-32-35(24-28-50(44)59(51)39-16-7-4-8-17-39)36-26-31-52-45(33-36)54-40(20-13-23-53(54)60-52)37-25-29-49-43(34-37)41-18-10-12-22-48(41)58(49)38-14-5-3-6-15-38/h3-34H,1-2H3. The summed E-state index contributed by atoms with van der Waals surface area (Å²) in [6.07, 6.45) is 0. The molecule has 0 aliphatic heterocycles. The largest absolute Gasteiger partial charge is 0.456 e. The zero-order chi connectivity index (χ0) is 39.7. The Balaban J connectivity index is 1.02. The van der Waals surface area contributed by atoms with Gasteiger partial charge in [-0.05, 0) is 123 Å². The zero-order valence-corrected chi connectivity index (χ0v) is 33.3. The van der Waals surface area contributed by atoms with Gasteiger partial charge >= 0.3 is 0 Å². The van der Waals surface area contributed by atoms with Crippen LogP contribution in [0.2, 0.25) is 0 Å². The summed E-state index contributed by atoms with van der Waals surface area (Å²) < 4.78 is 11.4. The van der Waals surface area contributed by atoms with Gasteiger partial charge in [0.1, 0.15) is 11.2 Å². The maximum absolute atomic E-state index is 6.60. The first-order chi connectivity index (χ1) is 29.5. The normalized spacial score (nSPS) is 13.3. The Bertz CT molecular complexity index is 3730. The molecular formula is C57H38N2O. The third kappa shape index (κ3) is 4.55. The lowest BCUT2D eigenvalue weighted by Crippen LogP contribution is -2.14. The van der Waals surface area contributed by atoms with Crippen molar-refractivity contribution in [2.75, 3.05) is 0 Å². The van der Waals surface area contributed by atoms with Crippen LogP contribution in [0.3, 0.4) is 0 Å². The number of hydrogen-bond acceptors (Lipinski definition) is 1. The highest BCUT2D eigenvalue weighted by atomic mass is 16.3. The predicted molar refractivity (Wildman–Crippen MR) is 251 cm³/mol. The first-order valence-corrected chi connectivity index (χ1v) is 20.8. The molecule has 0 amide bonds. The summed E-state index contributed by atoms with van der Waals surface area (Å²) in [4.78, 5) is 0. The quantitative estimate of drug-likeness (QED) is 0.175. The number of rotatable bonds is 4. The monoisotopic (exact) mass is 766 g/mol. The van der Waals surface area contributed by atoms with Gasteiger partial charge in [-0.2, -0.15) is 0 Å². The van der Waals surface area contributed by atoms with Crippen molar-refractivity contribution in [3.63, 3.8) is 0 Å². The number of hydrogen-bond donors (Lipinski definition) is 0. The number of fused-ring (bicyclic) bond motifs is 13. The number of aromatic nitrogens is 2. The minimum Gasteiger partial charge on any atom is -0.456 e. The predicted octanol–water partition coefficient (Wildman–Crippen LogP) is 15.4. The van der Waals surface area contributed by atoms with Crippen molar-refractivity contribution in [1.82, 2.24) is 9.13 Å². The molecule has 0 bridgehead atoms. The maximum Gasteiger partial charge on any atom is 0.136 e. The molecule has 3 heteroatoms. The summed E-state index contributed by atoms with van der Waals surface area (Å²) in [5, 5.41) is 7.31. The fraction of sp³-hybridized carbons (Fsp3) is 0.0526. The summed E-state index contributed by atoms with van der Waals surface area (Å²) in [7, 11) is 0. The Morgan fingerprint density at radius 2 is 0.950 bits per heavy atom. The van der Waals surface area contributed by atoms with Gasteiger partial charge in [0.2, 0.25) is 0 Å². The second-order valence-electron chi connectivity index (χ2n) is 16.9. The molecule has 3 aromatic heterocycles. The van der Waals surface area contributed by atoms with Crippen molar-refractivity contribution < 1.29 is 4.42 Å². The van der Waals surface area contributed by atoms with Gasteiger partial charge in [0.05, 0.1) is 22.1 Å². The third-order valence-corrected chi connectivity index (χ3v) is 13.3. The van der Waals surface area contributed by atoms with Crippen LogP contribution in [0.25, 0.3) is 110 Å². The van der Waals surface area contributed by atoms with Gasteiger partial charge in [-0.3, -0.25) is 0 Å². The fourth-order valence-electron chi connectivity index (χ4n) is 10.6. The van der Waals surface area contributed by atoms with Crippen LogP contribution in [-0.4, -0.2) is 9.13 Å². The van der Waals surface area contributed by atoms with E-state index in [2.05, 4.69) is 217 Å². The molecule has 12 aromatic rings. The summed E-state index contributed by atoms with van der Waals surface area (Å²) >= 11 is 0. The molecule has 60 heavy (non-hydrogen) atoms. The molecule has 0 N–H and O–H groups in total. The Morgan fingerprint density at radius 3 is 1.75 bits per heavy atom. The van der Waals surface area contributed by atoms with Gasteiger partial charge in [-0.25, -0.2) is 0 Å². The Hall–Kier alpha value is -7.62. The van der Waals surface area contributed by atoms with Crippen LogP contribution in [0.15, 0.2) is 199 Å². The van der Waals surface area contributed by atoms with Crippen molar-refractivity contribution in [3.05, 3.63) is 205 Å². The van der Waals surface area contributed by atoms with Crippen LogP contribution in [-0.2, 0) is 5.41 Å². The van der Waals surface area contributed by atoms with Crippen molar-refractivity contribution in [2.24, 2.45) is 0 Å². The van der Waals surface area contributed by atoms with E-state index in [-0.39, 0.29) is 5.41 Å². The van der Waals surface area contributed by atoms with E-state index in [1.54, 1.807) is 0 Å². The Labute approximate surface area is 347 Å². The lowest BCUT2D eigenvalue weighted by Gasteiger charge is -2.21. The van der Waals surface area contributed by atoms with E-state index in [1.165, 1.54) is 82.6 Å². The number of benzene rings is 9. The molecule has 0 fully saturated rings. The molecule has 0 spiro atoms. The van der Waals surface area contributed by atoms with E-state index in [9.17, 15) is 0 Å². The SMILES string of the molecule is CC1(C)c2ccccc2-c2c1ccc1c2c2cc(-c3ccc4oc5cccc(-c6ccc7c(c6)c6ccccc6n7-c6ccccc6)c5c4c3)ccc2n1-c1ccccc1. The van der Waals surface area contributed by atoms with Gasteiger partial charge in [0.25, 0.3) is 0 Å². The molecule has 0 atom stereocenters. The van der Waals surface area contributed by atoms with E-state index in [4.69, 9.17) is 4.42 Å². The minimum absolute atomic E-state index is 0.0898. The summed E-state index contributed by atoms with van der Waals surface area (Å²) in [5.41, 5.74) is 19.0. The topological polar surface area (TPSA) is 23.0 Å². The second kappa shape index (κ2) is 12.2. The van der Waals surface area contributed by atoms with Gasteiger partial charge < -0.3 is 13.6 Å². The minimum atomic E-state index is -0.0898. The Morgan fingerprint density at radius 1 is 0.367 bits per heavy atom. The van der Waals surface area contributed by atoms with Gasteiger partial charge in [0, 0.05) is 49.1 Å². The van der Waals surface area contributed by atoms with Gasteiger partial charge in [-0.15, -0.1) is 0 Å². The molecule has 282 valence electrons. The molecule has 13 rings (SSSR count). The van der Waals surface area contributed by atoms with Crippen LogP contribution in [0.4, 0.5) is 0 Å². The highest BCUT2D eigenvalue weighted by Crippen LogP contribution is 2.53. The molecule has 1 aliphatic carbocycles.